The molecule has 1 aromatic carbocycles. The third kappa shape index (κ3) is 2.22. The molecule has 2 rings (SSSR count). The van der Waals surface area contributed by atoms with Crippen LogP contribution in [0.2, 0.25) is 0 Å². The van der Waals surface area contributed by atoms with Crippen LogP contribution >= 0.6 is 0 Å². The van der Waals surface area contributed by atoms with Gasteiger partial charge >= 0.3 is 5.97 Å². The van der Waals surface area contributed by atoms with Gasteiger partial charge in [0.1, 0.15) is 5.75 Å². The van der Waals surface area contributed by atoms with Crippen LogP contribution in [0, 0.1) is 5.92 Å². The Kier molecular flexibility index (Phi) is 2.99. The fourth-order valence-electron chi connectivity index (χ4n) is 1.91. The summed E-state index contributed by atoms with van der Waals surface area (Å²) in [5.41, 5.74) is 0.680. The first-order chi connectivity index (χ1) is 8.11. The Bertz CT molecular complexity index is 440. The van der Waals surface area contributed by atoms with Crippen molar-refractivity contribution < 1.29 is 19.4 Å². The van der Waals surface area contributed by atoms with Gasteiger partial charge in [-0.2, -0.15) is 0 Å². The number of carbonyl (C=O) groups excluding carboxylic acids is 2. The normalized spacial score (nSPS) is 19.5. The fourth-order valence-corrected chi connectivity index (χ4v) is 1.91. The third-order valence-corrected chi connectivity index (χ3v) is 2.82. The van der Waals surface area contributed by atoms with Crippen LogP contribution in [-0.2, 0) is 14.3 Å². The number of phenols is 1. The number of aromatic hydroxyl groups is 1. The average molecular weight is 235 g/mol. The van der Waals surface area contributed by atoms with Crippen LogP contribution in [0.4, 0.5) is 5.69 Å². The van der Waals surface area contributed by atoms with Crippen LogP contribution in [-0.4, -0.2) is 30.6 Å². The number of rotatable bonds is 2. The number of amides is 1. The van der Waals surface area contributed by atoms with Crippen molar-refractivity contribution in [3.8, 4) is 5.75 Å². The van der Waals surface area contributed by atoms with Crippen LogP contribution in [0.3, 0.4) is 0 Å². The van der Waals surface area contributed by atoms with Crippen molar-refractivity contribution >= 4 is 17.6 Å². The summed E-state index contributed by atoms with van der Waals surface area (Å²) < 4.78 is 4.63. The van der Waals surface area contributed by atoms with E-state index in [1.54, 1.807) is 12.1 Å². The van der Waals surface area contributed by atoms with E-state index in [1.165, 1.54) is 24.1 Å². The van der Waals surface area contributed by atoms with Gasteiger partial charge in [0.15, 0.2) is 0 Å². The second kappa shape index (κ2) is 4.45. The molecule has 5 nitrogen and oxygen atoms in total. The number of methoxy groups -OCH3 is 1. The maximum atomic E-state index is 11.7. The van der Waals surface area contributed by atoms with Gasteiger partial charge < -0.3 is 14.7 Å². The average Bonchev–Trinajstić information content (AvgIpc) is 2.71. The number of hydrogen-bond donors (Lipinski definition) is 1. The van der Waals surface area contributed by atoms with Crippen molar-refractivity contribution in [3.63, 3.8) is 0 Å². The summed E-state index contributed by atoms with van der Waals surface area (Å²) in [6, 6.07) is 6.31. The van der Waals surface area contributed by atoms with Gasteiger partial charge in [-0.15, -0.1) is 0 Å². The quantitative estimate of drug-likeness (QED) is 0.774. The molecule has 0 aromatic heterocycles. The molecule has 0 spiro atoms. The van der Waals surface area contributed by atoms with E-state index in [0.717, 1.165) is 0 Å². The van der Waals surface area contributed by atoms with E-state index < -0.39 is 5.92 Å². The monoisotopic (exact) mass is 235 g/mol. The topological polar surface area (TPSA) is 66.8 Å². The molecule has 1 N–H and O–H groups in total. The summed E-state index contributed by atoms with van der Waals surface area (Å²) in [6.45, 7) is 0.330. The molecule has 0 bridgehead atoms. The Labute approximate surface area is 98.6 Å². The fraction of sp³-hybridized carbons (Fsp3) is 0.333. The highest BCUT2D eigenvalue weighted by Gasteiger charge is 2.35. The summed E-state index contributed by atoms with van der Waals surface area (Å²) in [6.07, 6.45) is 0.174. The third-order valence-electron chi connectivity index (χ3n) is 2.82. The number of esters is 1. The SMILES string of the molecule is COC(=O)[C@@H]1CC(=O)N(c2ccc(O)cc2)C1. The Balaban J connectivity index is 2.15. The molecular formula is C12H13NO4. The van der Waals surface area contributed by atoms with Gasteiger partial charge in [-0.3, -0.25) is 9.59 Å². The molecule has 1 heterocycles. The largest absolute Gasteiger partial charge is 0.508 e. The molecule has 1 aliphatic heterocycles. The van der Waals surface area contributed by atoms with Crippen molar-refractivity contribution in [1.29, 1.82) is 0 Å². The molecule has 1 atom stereocenters. The molecule has 1 amide bonds. The second-order valence-corrected chi connectivity index (χ2v) is 3.94. The van der Waals surface area contributed by atoms with E-state index in [2.05, 4.69) is 4.74 Å². The molecule has 1 saturated heterocycles. The first kappa shape index (κ1) is 11.4. The molecular weight excluding hydrogens is 222 g/mol. The standard InChI is InChI=1S/C12H13NO4/c1-17-12(16)8-6-11(15)13(7-8)9-2-4-10(14)5-3-9/h2-5,8,14H,6-7H2,1H3/t8-/m1/s1. The predicted octanol–water partition coefficient (Wildman–Crippen LogP) is 0.918. The highest BCUT2D eigenvalue weighted by Crippen LogP contribution is 2.26. The van der Waals surface area contributed by atoms with Crippen molar-refractivity contribution in [1.82, 2.24) is 0 Å². The van der Waals surface area contributed by atoms with Crippen LogP contribution in [0.15, 0.2) is 24.3 Å². The molecule has 0 saturated carbocycles. The van der Waals surface area contributed by atoms with E-state index in [1.807, 2.05) is 0 Å². The van der Waals surface area contributed by atoms with E-state index in [0.29, 0.717) is 12.2 Å². The maximum absolute atomic E-state index is 11.7. The first-order valence-electron chi connectivity index (χ1n) is 5.29. The zero-order valence-corrected chi connectivity index (χ0v) is 9.42. The van der Waals surface area contributed by atoms with Crippen molar-refractivity contribution in [2.45, 2.75) is 6.42 Å². The number of benzene rings is 1. The summed E-state index contributed by atoms with van der Waals surface area (Å²) in [4.78, 5) is 24.6. The minimum Gasteiger partial charge on any atom is -0.508 e. The molecule has 0 radical (unpaired) electrons. The number of ether oxygens (including phenoxy) is 1. The van der Waals surface area contributed by atoms with E-state index in [4.69, 9.17) is 5.11 Å². The smallest absolute Gasteiger partial charge is 0.311 e. The van der Waals surface area contributed by atoms with Gasteiger partial charge in [0.25, 0.3) is 0 Å². The lowest BCUT2D eigenvalue weighted by molar-refractivity contribution is -0.145. The van der Waals surface area contributed by atoms with E-state index >= 15 is 0 Å². The molecule has 0 unspecified atom stereocenters. The van der Waals surface area contributed by atoms with Gasteiger partial charge in [0.2, 0.25) is 5.91 Å². The maximum Gasteiger partial charge on any atom is 0.311 e. The van der Waals surface area contributed by atoms with Crippen molar-refractivity contribution in [3.05, 3.63) is 24.3 Å². The Morgan fingerprint density at radius 2 is 2.06 bits per heavy atom. The Morgan fingerprint density at radius 3 is 2.65 bits per heavy atom. The molecule has 1 aromatic rings. The Hall–Kier alpha value is -2.04. The van der Waals surface area contributed by atoms with E-state index in [-0.39, 0.29) is 24.0 Å². The zero-order chi connectivity index (χ0) is 12.4. The molecule has 17 heavy (non-hydrogen) atoms. The van der Waals surface area contributed by atoms with Gasteiger partial charge in [-0.1, -0.05) is 0 Å². The lowest BCUT2D eigenvalue weighted by Crippen LogP contribution is -2.26. The number of phenolic OH excluding ortho intramolecular Hbond substituents is 1. The van der Waals surface area contributed by atoms with Gasteiger partial charge in [-0.05, 0) is 24.3 Å². The summed E-state index contributed by atoms with van der Waals surface area (Å²) in [7, 11) is 1.32. The van der Waals surface area contributed by atoms with Gasteiger partial charge in [0.05, 0.1) is 13.0 Å². The predicted molar refractivity (Wildman–Crippen MR) is 60.6 cm³/mol. The minimum absolute atomic E-state index is 0.105. The number of nitrogens with zero attached hydrogens (tertiary/aromatic N) is 1. The summed E-state index contributed by atoms with van der Waals surface area (Å²) >= 11 is 0. The lowest BCUT2D eigenvalue weighted by Gasteiger charge is -2.16. The highest BCUT2D eigenvalue weighted by atomic mass is 16.5. The van der Waals surface area contributed by atoms with Crippen molar-refractivity contribution in [2.24, 2.45) is 5.92 Å². The van der Waals surface area contributed by atoms with Crippen LogP contribution in [0.1, 0.15) is 6.42 Å². The molecule has 0 aliphatic carbocycles. The first-order valence-corrected chi connectivity index (χ1v) is 5.29. The number of carbonyl (C=O) groups is 2. The summed E-state index contributed by atoms with van der Waals surface area (Å²) in [5, 5.41) is 9.17. The highest BCUT2D eigenvalue weighted by molar-refractivity contribution is 5.99. The minimum atomic E-state index is -0.402. The Morgan fingerprint density at radius 1 is 1.41 bits per heavy atom. The summed E-state index contributed by atoms with van der Waals surface area (Å²) in [5.74, 6) is -0.725. The van der Waals surface area contributed by atoms with Crippen LogP contribution < -0.4 is 4.90 Å². The number of hydrogen-bond acceptors (Lipinski definition) is 4. The van der Waals surface area contributed by atoms with Crippen LogP contribution in [0.25, 0.3) is 0 Å². The van der Waals surface area contributed by atoms with E-state index in [9.17, 15) is 9.59 Å². The van der Waals surface area contributed by atoms with Crippen molar-refractivity contribution in [2.75, 3.05) is 18.6 Å². The molecule has 1 fully saturated rings. The molecule has 5 heteroatoms. The van der Waals surface area contributed by atoms with Crippen LogP contribution in [0.5, 0.6) is 5.75 Å². The molecule has 1 aliphatic rings. The molecule has 90 valence electrons. The van der Waals surface area contributed by atoms with Gasteiger partial charge in [0, 0.05) is 18.7 Å². The lowest BCUT2D eigenvalue weighted by atomic mass is 10.1. The number of anilines is 1. The van der Waals surface area contributed by atoms with Gasteiger partial charge in [-0.25, -0.2) is 0 Å². The zero-order valence-electron chi connectivity index (χ0n) is 9.42. The second-order valence-electron chi connectivity index (χ2n) is 3.94.